The molecule has 4 rings (SSSR count). The summed E-state index contributed by atoms with van der Waals surface area (Å²) in [6.45, 7) is 2.56. The van der Waals surface area contributed by atoms with Crippen LogP contribution in [-0.2, 0) is 16.1 Å². The maximum Gasteiger partial charge on any atom is 0.338 e. The zero-order valence-corrected chi connectivity index (χ0v) is 26.6. The standard InChI is InChI=1S/C27H21BrI2N2O4S/c1-3-35-26(34)18-6-10-20(11-7-18)31-27-32(2)25(33)23(37-27)14-17-12-21(29)24(22(30)13-17)36-15-16-4-8-19(28)9-5-16/h4-14H,3,15H2,1-2H3/b23-14-,31-27?. The van der Waals surface area contributed by atoms with Crippen LogP contribution in [0.1, 0.15) is 28.4 Å². The minimum Gasteiger partial charge on any atom is -0.487 e. The molecule has 37 heavy (non-hydrogen) atoms. The molecule has 10 heteroatoms. The van der Waals surface area contributed by atoms with Gasteiger partial charge in [-0.1, -0.05) is 28.1 Å². The highest BCUT2D eigenvalue weighted by atomic mass is 127. The second-order valence-electron chi connectivity index (χ2n) is 7.87. The molecule has 6 nitrogen and oxygen atoms in total. The summed E-state index contributed by atoms with van der Waals surface area (Å²) in [6, 6.07) is 18.8. The molecule has 1 aliphatic heterocycles. The average Bonchev–Trinajstić information content (AvgIpc) is 3.12. The number of esters is 1. The van der Waals surface area contributed by atoms with Gasteiger partial charge in [-0.25, -0.2) is 9.79 Å². The molecule has 3 aromatic carbocycles. The van der Waals surface area contributed by atoms with Crippen molar-refractivity contribution in [3.63, 3.8) is 0 Å². The van der Waals surface area contributed by atoms with Gasteiger partial charge < -0.3 is 9.47 Å². The van der Waals surface area contributed by atoms with Gasteiger partial charge in [-0.15, -0.1) is 0 Å². The van der Waals surface area contributed by atoms with Crippen molar-refractivity contribution >= 4 is 102 Å². The molecule has 0 saturated carbocycles. The number of halogens is 3. The Hall–Kier alpha value is -1.90. The van der Waals surface area contributed by atoms with Gasteiger partial charge in [-0.2, -0.15) is 0 Å². The fourth-order valence-electron chi connectivity index (χ4n) is 3.34. The molecular formula is C27H21BrI2N2O4S. The number of benzene rings is 3. The van der Waals surface area contributed by atoms with Crippen LogP contribution in [0.3, 0.4) is 0 Å². The van der Waals surface area contributed by atoms with E-state index in [9.17, 15) is 9.59 Å². The number of hydrogen-bond acceptors (Lipinski definition) is 6. The number of thioether (sulfide) groups is 1. The van der Waals surface area contributed by atoms with Crippen LogP contribution in [0.25, 0.3) is 6.08 Å². The van der Waals surface area contributed by atoms with Crippen LogP contribution in [0.4, 0.5) is 5.69 Å². The molecule has 1 amide bonds. The molecule has 1 heterocycles. The van der Waals surface area contributed by atoms with E-state index in [2.05, 4.69) is 66.1 Å². The third-order valence-electron chi connectivity index (χ3n) is 5.22. The van der Waals surface area contributed by atoms with Gasteiger partial charge in [-0.3, -0.25) is 9.69 Å². The van der Waals surface area contributed by atoms with Crippen molar-refractivity contribution < 1.29 is 19.1 Å². The number of carbonyl (C=O) groups is 2. The van der Waals surface area contributed by atoms with E-state index in [1.807, 2.05) is 42.5 Å². The second kappa shape index (κ2) is 12.8. The number of likely N-dealkylation sites (N-methyl/N-ethyl adjacent to an activating group) is 1. The smallest absolute Gasteiger partial charge is 0.338 e. The number of amidine groups is 1. The molecule has 1 aliphatic rings. The molecule has 0 atom stereocenters. The van der Waals surface area contributed by atoms with E-state index in [-0.39, 0.29) is 11.9 Å². The lowest BCUT2D eigenvalue weighted by Crippen LogP contribution is -2.23. The first-order valence-corrected chi connectivity index (χ1v) is 14.9. The maximum absolute atomic E-state index is 12.9. The first-order chi connectivity index (χ1) is 17.7. The summed E-state index contributed by atoms with van der Waals surface area (Å²) in [5.41, 5.74) is 3.10. The van der Waals surface area contributed by atoms with Crippen molar-refractivity contribution in [3.05, 3.63) is 93.9 Å². The Labute approximate surface area is 255 Å². The number of ether oxygens (including phenoxy) is 2. The van der Waals surface area contributed by atoms with Crippen LogP contribution in [-0.4, -0.2) is 35.6 Å². The molecule has 1 saturated heterocycles. The van der Waals surface area contributed by atoms with Crippen molar-refractivity contribution in [2.45, 2.75) is 13.5 Å². The largest absolute Gasteiger partial charge is 0.487 e. The molecular weight excluding hydrogens is 782 g/mol. The van der Waals surface area contributed by atoms with Crippen molar-refractivity contribution in [3.8, 4) is 5.75 Å². The van der Waals surface area contributed by atoms with E-state index in [0.717, 1.165) is 28.5 Å². The molecule has 0 radical (unpaired) electrons. The first kappa shape index (κ1) is 28.1. The molecule has 3 aromatic rings. The maximum atomic E-state index is 12.9. The number of hydrogen-bond donors (Lipinski definition) is 0. The number of amides is 1. The highest BCUT2D eigenvalue weighted by Gasteiger charge is 2.30. The molecule has 1 fully saturated rings. The van der Waals surface area contributed by atoms with Crippen molar-refractivity contribution in [1.82, 2.24) is 4.90 Å². The Morgan fingerprint density at radius 1 is 1.08 bits per heavy atom. The third-order valence-corrected chi connectivity index (χ3v) is 8.41. The minimum absolute atomic E-state index is 0.118. The van der Waals surface area contributed by atoms with Crippen LogP contribution in [0, 0.1) is 7.14 Å². The van der Waals surface area contributed by atoms with Gasteiger partial charge in [0.25, 0.3) is 5.91 Å². The summed E-state index contributed by atoms with van der Waals surface area (Å²) in [5.74, 6) is 0.332. The van der Waals surface area contributed by atoms with Gasteiger partial charge >= 0.3 is 5.97 Å². The fourth-order valence-corrected chi connectivity index (χ4v) is 6.72. The predicted octanol–water partition coefficient (Wildman–Crippen LogP) is 7.65. The summed E-state index contributed by atoms with van der Waals surface area (Å²) in [5, 5.41) is 0.568. The molecule has 0 unspecified atom stereocenters. The normalized spacial score (nSPS) is 15.5. The first-order valence-electron chi connectivity index (χ1n) is 11.1. The summed E-state index contributed by atoms with van der Waals surface area (Å²) < 4.78 is 14.1. The van der Waals surface area contributed by atoms with Crippen LogP contribution in [0.5, 0.6) is 5.75 Å². The molecule has 0 N–H and O–H groups in total. The Morgan fingerprint density at radius 3 is 2.35 bits per heavy atom. The lowest BCUT2D eigenvalue weighted by Gasteiger charge is -2.12. The number of nitrogens with zero attached hydrogens (tertiary/aromatic N) is 2. The van der Waals surface area contributed by atoms with E-state index in [4.69, 9.17) is 9.47 Å². The van der Waals surface area contributed by atoms with Gasteiger partial charge in [-0.05, 0) is 130 Å². The third kappa shape index (κ3) is 7.15. The van der Waals surface area contributed by atoms with Crippen LogP contribution >= 0.6 is 72.9 Å². The lowest BCUT2D eigenvalue weighted by molar-refractivity contribution is -0.121. The highest BCUT2D eigenvalue weighted by Crippen LogP contribution is 2.35. The van der Waals surface area contributed by atoms with Crippen molar-refractivity contribution in [2.75, 3.05) is 13.7 Å². The van der Waals surface area contributed by atoms with Crippen molar-refractivity contribution in [2.24, 2.45) is 4.99 Å². The van der Waals surface area contributed by atoms with E-state index in [0.29, 0.717) is 34.5 Å². The van der Waals surface area contributed by atoms with Gasteiger partial charge in [0.15, 0.2) is 5.17 Å². The summed E-state index contributed by atoms with van der Waals surface area (Å²) in [6.07, 6.45) is 1.87. The number of aliphatic imine (C=N–C) groups is 1. The van der Waals surface area contributed by atoms with Crippen LogP contribution in [0.2, 0.25) is 0 Å². The highest BCUT2D eigenvalue weighted by molar-refractivity contribution is 14.1. The topological polar surface area (TPSA) is 68.2 Å². The van der Waals surface area contributed by atoms with Crippen LogP contribution < -0.4 is 4.74 Å². The van der Waals surface area contributed by atoms with Gasteiger partial charge in [0, 0.05) is 11.5 Å². The monoisotopic (exact) mass is 802 g/mol. The predicted molar refractivity (Wildman–Crippen MR) is 168 cm³/mol. The van der Waals surface area contributed by atoms with Crippen LogP contribution in [0.15, 0.2) is 75.0 Å². The van der Waals surface area contributed by atoms with Gasteiger partial charge in [0.1, 0.15) is 12.4 Å². The Morgan fingerprint density at radius 2 is 1.73 bits per heavy atom. The van der Waals surface area contributed by atoms with Gasteiger partial charge in [0.05, 0.1) is 29.9 Å². The number of rotatable bonds is 7. The van der Waals surface area contributed by atoms with Crippen molar-refractivity contribution in [1.29, 1.82) is 0 Å². The average molecular weight is 803 g/mol. The van der Waals surface area contributed by atoms with E-state index < -0.39 is 0 Å². The zero-order valence-electron chi connectivity index (χ0n) is 19.8. The molecule has 0 aromatic heterocycles. The molecule has 190 valence electrons. The summed E-state index contributed by atoms with van der Waals surface area (Å²) in [4.78, 5) is 31.5. The quantitative estimate of drug-likeness (QED) is 0.140. The molecule has 0 bridgehead atoms. The number of carbonyl (C=O) groups excluding carboxylic acids is 2. The minimum atomic E-state index is -0.372. The fraction of sp³-hybridized carbons (Fsp3) is 0.148. The Bertz CT molecular complexity index is 1370. The second-order valence-corrected chi connectivity index (χ2v) is 12.1. The zero-order chi connectivity index (χ0) is 26.5. The summed E-state index contributed by atoms with van der Waals surface area (Å²) in [7, 11) is 1.70. The van der Waals surface area contributed by atoms with Gasteiger partial charge in [0.2, 0.25) is 0 Å². The summed E-state index contributed by atoms with van der Waals surface area (Å²) >= 11 is 9.29. The Kier molecular flexibility index (Phi) is 9.70. The molecule has 0 spiro atoms. The van der Waals surface area contributed by atoms with E-state index in [1.54, 1.807) is 38.2 Å². The SMILES string of the molecule is CCOC(=O)c1ccc(N=C2S/C(=C\c3cc(I)c(OCc4ccc(Br)cc4)c(I)c3)C(=O)N2C)cc1. The van der Waals surface area contributed by atoms with E-state index >= 15 is 0 Å². The Balaban J connectivity index is 1.49. The van der Waals surface area contributed by atoms with E-state index in [1.165, 1.54) is 16.7 Å². The lowest BCUT2D eigenvalue weighted by atomic mass is 10.2. The molecule has 0 aliphatic carbocycles.